The number of nitrogens with zero attached hydrogens (tertiary/aromatic N) is 2. The number of methoxy groups -OCH3 is 1. The highest BCUT2D eigenvalue weighted by Crippen LogP contribution is 2.16. The highest BCUT2D eigenvalue weighted by atomic mass is 16.5. The lowest BCUT2D eigenvalue weighted by Gasteiger charge is -2.10. The van der Waals surface area contributed by atoms with Crippen LogP contribution in [0.4, 0.5) is 5.69 Å². The zero-order chi connectivity index (χ0) is 14.8. The van der Waals surface area contributed by atoms with E-state index in [1.807, 2.05) is 30.3 Å². The van der Waals surface area contributed by atoms with Crippen LogP contribution in [0.5, 0.6) is 5.75 Å². The fraction of sp³-hybridized carbons (Fsp3) is 0.125. The second-order valence-electron chi connectivity index (χ2n) is 4.78. The molecule has 0 amide bonds. The van der Waals surface area contributed by atoms with Gasteiger partial charge in [-0.25, -0.2) is 4.98 Å². The molecule has 0 saturated carbocycles. The molecule has 0 saturated heterocycles. The molecule has 1 aromatic heterocycles. The van der Waals surface area contributed by atoms with Crippen molar-refractivity contribution in [2.24, 2.45) is 0 Å². The summed E-state index contributed by atoms with van der Waals surface area (Å²) >= 11 is 0. The van der Waals surface area contributed by atoms with Crippen LogP contribution < -0.4 is 16.0 Å². The molecule has 0 bridgehead atoms. The van der Waals surface area contributed by atoms with Crippen molar-refractivity contribution in [3.8, 4) is 5.75 Å². The minimum atomic E-state index is -0.136. The number of anilines is 1. The number of nitrogen functional groups attached to an aromatic ring is 1. The summed E-state index contributed by atoms with van der Waals surface area (Å²) < 4.78 is 6.82. The molecule has 1 heterocycles. The Hall–Kier alpha value is -2.82. The standard InChI is InChI=1S/C16H15N3O2/c1-21-13-5-2-11(3-6-13)10-19-15-7-4-12(17)8-14(15)18-9-16(19)20/h2-9H,10,17H2,1H3. The van der Waals surface area contributed by atoms with Crippen molar-refractivity contribution in [3.63, 3.8) is 0 Å². The summed E-state index contributed by atoms with van der Waals surface area (Å²) in [6.45, 7) is 0.478. The van der Waals surface area contributed by atoms with Crippen LogP contribution in [0.2, 0.25) is 0 Å². The molecule has 0 atom stereocenters. The Morgan fingerprint density at radius 2 is 1.95 bits per heavy atom. The van der Waals surface area contributed by atoms with Gasteiger partial charge < -0.3 is 15.0 Å². The van der Waals surface area contributed by atoms with Gasteiger partial charge in [-0.1, -0.05) is 12.1 Å². The lowest BCUT2D eigenvalue weighted by molar-refractivity contribution is 0.414. The summed E-state index contributed by atoms with van der Waals surface area (Å²) in [5, 5.41) is 0. The van der Waals surface area contributed by atoms with E-state index in [0.717, 1.165) is 16.8 Å². The Labute approximate surface area is 121 Å². The third-order valence-electron chi connectivity index (χ3n) is 3.37. The Morgan fingerprint density at radius 3 is 2.67 bits per heavy atom. The number of nitrogens with two attached hydrogens (primary N) is 1. The van der Waals surface area contributed by atoms with E-state index in [-0.39, 0.29) is 5.56 Å². The number of ether oxygens (including phenoxy) is 1. The molecule has 0 aliphatic rings. The maximum atomic E-state index is 12.1. The van der Waals surface area contributed by atoms with Crippen molar-refractivity contribution in [3.05, 3.63) is 64.6 Å². The van der Waals surface area contributed by atoms with Gasteiger partial charge in [0.05, 0.1) is 30.9 Å². The molecule has 3 rings (SSSR count). The van der Waals surface area contributed by atoms with Crippen LogP contribution in [-0.4, -0.2) is 16.7 Å². The highest BCUT2D eigenvalue weighted by molar-refractivity contribution is 5.78. The van der Waals surface area contributed by atoms with Gasteiger partial charge in [0.15, 0.2) is 0 Å². The maximum Gasteiger partial charge on any atom is 0.269 e. The van der Waals surface area contributed by atoms with E-state index in [0.29, 0.717) is 17.7 Å². The fourth-order valence-corrected chi connectivity index (χ4v) is 2.26. The van der Waals surface area contributed by atoms with Gasteiger partial charge in [0, 0.05) is 5.69 Å². The Morgan fingerprint density at radius 1 is 1.19 bits per heavy atom. The van der Waals surface area contributed by atoms with Crippen LogP contribution in [-0.2, 0) is 6.54 Å². The van der Waals surface area contributed by atoms with Crippen molar-refractivity contribution in [1.82, 2.24) is 9.55 Å². The topological polar surface area (TPSA) is 70.1 Å². The van der Waals surface area contributed by atoms with Crippen molar-refractivity contribution in [2.45, 2.75) is 6.54 Å². The first kappa shape index (κ1) is 13.2. The van der Waals surface area contributed by atoms with Gasteiger partial charge in [0.2, 0.25) is 0 Å². The minimum absolute atomic E-state index is 0.136. The van der Waals surface area contributed by atoms with Crippen LogP contribution in [0.1, 0.15) is 5.56 Å². The molecular formula is C16H15N3O2. The van der Waals surface area contributed by atoms with E-state index in [4.69, 9.17) is 10.5 Å². The van der Waals surface area contributed by atoms with Crippen LogP contribution in [0.3, 0.4) is 0 Å². The Balaban J connectivity index is 2.06. The Bertz CT molecular complexity index is 838. The average molecular weight is 281 g/mol. The summed E-state index contributed by atoms with van der Waals surface area (Å²) in [6, 6.07) is 13.0. The first-order valence-corrected chi connectivity index (χ1v) is 6.55. The molecule has 0 aliphatic heterocycles. The predicted octanol–water partition coefficient (Wildman–Crippen LogP) is 2.04. The van der Waals surface area contributed by atoms with Gasteiger partial charge in [-0.05, 0) is 35.9 Å². The SMILES string of the molecule is COc1ccc(Cn2c(=O)cnc3cc(N)ccc32)cc1. The monoisotopic (exact) mass is 281 g/mol. The van der Waals surface area contributed by atoms with Gasteiger partial charge >= 0.3 is 0 Å². The lowest BCUT2D eigenvalue weighted by Crippen LogP contribution is -2.21. The van der Waals surface area contributed by atoms with Crippen molar-refractivity contribution in [1.29, 1.82) is 0 Å². The molecule has 0 radical (unpaired) electrons. The van der Waals surface area contributed by atoms with E-state index in [2.05, 4.69) is 4.98 Å². The van der Waals surface area contributed by atoms with Gasteiger partial charge in [-0.3, -0.25) is 4.79 Å². The molecule has 2 aromatic carbocycles. The maximum absolute atomic E-state index is 12.1. The Kier molecular flexibility index (Phi) is 3.31. The first-order chi connectivity index (χ1) is 10.2. The summed E-state index contributed by atoms with van der Waals surface area (Å²) in [7, 11) is 1.63. The van der Waals surface area contributed by atoms with Crippen LogP contribution >= 0.6 is 0 Å². The molecule has 0 spiro atoms. The molecular weight excluding hydrogens is 266 g/mol. The molecule has 0 fully saturated rings. The molecule has 106 valence electrons. The smallest absolute Gasteiger partial charge is 0.269 e. The number of aromatic nitrogens is 2. The third-order valence-corrected chi connectivity index (χ3v) is 3.37. The summed E-state index contributed by atoms with van der Waals surface area (Å²) in [5.41, 5.74) is 8.75. The normalized spacial score (nSPS) is 10.7. The largest absolute Gasteiger partial charge is 0.497 e. The second kappa shape index (κ2) is 5.28. The zero-order valence-electron chi connectivity index (χ0n) is 11.6. The molecule has 2 N–H and O–H groups in total. The van der Waals surface area contributed by atoms with Gasteiger partial charge in [0.1, 0.15) is 5.75 Å². The van der Waals surface area contributed by atoms with Crippen LogP contribution in [0.25, 0.3) is 11.0 Å². The average Bonchev–Trinajstić information content (AvgIpc) is 2.51. The first-order valence-electron chi connectivity index (χ1n) is 6.55. The summed E-state index contributed by atoms with van der Waals surface area (Å²) in [4.78, 5) is 16.2. The number of benzene rings is 2. The van der Waals surface area contributed by atoms with Gasteiger partial charge in [-0.15, -0.1) is 0 Å². The number of hydrogen-bond acceptors (Lipinski definition) is 4. The lowest BCUT2D eigenvalue weighted by atomic mass is 10.2. The molecule has 3 aromatic rings. The molecule has 21 heavy (non-hydrogen) atoms. The van der Waals surface area contributed by atoms with Crippen LogP contribution in [0, 0.1) is 0 Å². The fourth-order valence-electron chi connectivity index (χ4n) is 2.26. The summed E-state index contributed by atoms with van der Waals surface area (Å²) in [6.07, 6.45) is 1.32. The van der Waals surface area contributed by atoms with E-state index in [9.17, 15) is 4.79 Å². The van der Waals surface area contributed by atoms with Gasteiger partial charge in [0.25, 0.3) is 5.56 Å². The number of rotatable bonds is 3. The van der Waals surface area contributed by atoms with Crippen molar-refractivity contribution in [2.75, 3.05) is 12.8 Å². The quantitative estimate of drug-likeness (QED) is 0.746. The molecule has 0 aliphatic carbocycles. The highest BCUT2D eigenvalue weighted by Gasteiger charge is 2.05. The molecule has 0 unspecified atom stereocenters. The predicted molar refractivity (Wildman–Crippen MR) is 82.5 cm³/mol. The zero-order valence-corrected chi connectivity index (χ0v) is 11.6. The van der Waals surface area contributed by atoms with E-state index < -0.39 is 0 Å². The number of fused-ring (bicyclic) bond motifs is 1. The van der Waals surface area contributed by atoms with Crippen molar-refractivity contribution >= 4 is 16.7 Å². The van der Waals surface area contributed by atoms with E-state index in [1.165, 1.54) is 6.20 Å². The second-order valence-corrected chi connectivity index (χ2v) is 4.78. The number of hydrogen-bond donors (Lipinski definition) is 1. The van der Waals surface area contributed by atoms with Gasteiger partial charge in [-0.2, -0.15) is 0 Å². The third kappa shape index (κ3) is 2.58. The molecule has 5 heteroatoms. The van der Waals surface area contributed by atoms with Crippen LogP contribution in [0.15, 0.2) is 53.5 Å². The van der Waals surface area contributed by atoms with E-state index in [1.54, 1.807) is 23.8 Å². The summed E-state index contributed by atoms with van der Waals surface area (Å²) in [5.74, 6) is 0.790. The van der Waals surface area contributed by atoms with Crippen molar-refractivity contribution < 1.29 is 4.74 Å². The van der Waals surface area contributed by atoms with E-state index >= 15 is 0 Å². The minimum Gasteiger partial charge on any atom is -0.497 e. The molecule has 5 nitrogen and oxygen atoms in total.